The number of aliphatic hydroxyl groups is 1. The Bertz CT molecular complexity index is 499. The zero-order chi connectivity index (χ0) is 15.4. The molecule has 2 rings (SSSR count). The van der Waals surface area contributed by atoms with Crippen molar-refractivity contribution in [2.45, 2.75) is 38.2 Å². The molecule has 1 heterocycles. The Morgan fingerprint density at radius 1 is 1.33 bits per heavy atom. The Labute approximate surface area is 135 Å². The van der Waals surface area contributed by atoms with Crippen LogP contribution in [0.2, 0.25) is 10.0 Å². The standard InChI is InChI=1S/C16H21Cl2NO2/c1-2-16(21)13(10-19-7-5-12(20)6-8-19)11-3-4-14(17)15(18)9-11/h3-4,9,12-13,20H,2,5-8,10H2,1H3/t13-/m0/s1. The first-order valence-corrected chi connectivity index (χ1v) is 8.15. The number of aliphatic hydroxyl groups excluding tert-OH is 1. The Hall–Kier alpha value is -0.610. The number of hydrogen-bond acceptors (Lipinski definition) is 3. The summed E-state index contributed by atoms with van der Waals surface area (Å²) in [6.07, 6.45) is 1.84. The summed E-state index contributed by atoms with van der Waals surface area (Å²) in [6, 6.07) is 5.42. The summed E-state index contributed by atoms with van der Waals surface area (Å²) in [5.41, 5.74) is 0.919. The highest BCUT2D eigenvalue weighted by molar-refractivity contribution is 6.42. The van der Waals surface area contributed by atoms with Crippen molar-refractivity contribution in [3.8, 4) is 0 Å². The lowest BCUT2D eigenvalue weighted by Gasteiger charge is -2.32. The normalized spacial score (nSPS) is 18.7. The molecule has 0 saturated carbocycles. The van der Waals surface area contributed by atoms with Crippen molar-refractivity contribution >= 4 is 29.0 Å². The summed E-state index contributed by atoms with van der Waals surface area (Å²) in [6.45, 7) is 4.22. The number of carbonyl (C=O) groups excluding carboxylic acids is 1. The van der Waals surface area contributed by atoms with E-state index in [-0.39, 0.29) is 17.8 Å². The predicted molar refractivity (Wildman–Crippen MR) is 86.2 cm³/mol. The largest absolute Gasteiger partial charge is 0.393 e. The second kappa shape index (κ2) is 7.59. The number of halogens is 2. The second-order valence-electron chi connectivity index (χ2n) is 5.58. The van der Waals surface area contributed by atoms with E-state index in [0.717, 1.165) is 31.5 Å². The molecule has 0 bridgehead atoms. The highest BCUT2D eigenvalue weighted by Gasteiger charge is 2.25. The molecule has 1 aromatic carbocycles. The first-order chi connectivity index (χ1) is 10.0. The summed E-state index contributed by atoms with van der Waals surface area (Å²) >= 11 is 12.0. The minimum atomic E-state index is -0.202. The first kappa shape index (κ1) is 16.8. The minimum absolute atomic E-state index is 0.181. The van der Waals surface area contributed by atoms with Crippen LogP contribution in [0.1, 0.15) is 37.7 Å². The molecule has 0 amide bonds. The molecule has 116 valence electrons. The van der Waals surface area contributed by atoms with Crippen molar-refractivity contribution < 1.29 is 9.90 Å². The van der Waals surface area contributed by atoms with Gasteiger partial charge in [0.05, 0.1) is 22.1 Å². The quantitative estimate of drug-likeness (QED) is 0.898. The van der Waals surface area contributed by atoms with Crippen LogP contribution in [0, 0.1) is 0 Å². The molecule has 1 atom stereocenters. The van der Waals surface area contributed by atoms with E-state index in [2.05, 4.69) is 4.90 Å². The number of carbonyl (C=O) groups is 1. The molecule has 21 heavy (non-hydrogen) atoms. The Balaban J connectivity index is 2.14. The van der Waals surface area contributed by atoms with E-state index in [1.165, 1.54) is 0 Å². The van der Waals surface area contributed by atoms with E-state index >= 15 is 0 Å². The van der Waals surface area contributed by atoms with E-state index in [1.54, 1.807) is 12.1 Å². The number of Topliss-reactive ketones (excluding diaryl/α,β-unsaturated/α-hetero) is 1. The fraction of sp³-hybridized carbons (Fsp3) is 0.562. The second-order valence-corrected chi connectivity index (χ2v) is 6.39. The van der Waals surface area contributed by atoms with Crippen molar-refractivity contribution in [1.82, 2.24) is 4.90 Å². The molecule has 1 saturated heterocycles. The fourth-order valence-electron chi connectivity index (χ4n) is 2.73. The summed E-state index contributed by atoms with van der Waals surface area (Å²) in [7, 11) is 0. The van der Waals surface area contributed by atoms with Gasteiger partial charge in [-0.15, -0.1) is 0 Å². The van der Waals surface area contributed by atoms with Crippen LogP contribution in [0.15, 0.2) is 18.2 Å². The van der Waals surface area contributed by atoms with Gasteiger partial charge in [0.15, 0.2) is 0 Å². The maximum atomic E-state index is 12.3. The van der Waals surface area contributed by atoms with Crippen molar-refractivity contribution in [1.29, 1.82) is 0 Å². The van der Waals surface area contributed by atoms with Crippen molar-refractivity contribution in [3.05, 3.63) is 33.8 Å². The van der Waals surface area contributed by atoms with Gasteiger partial charge in [0, 0.05) is 26.1 Å². The number of piperidine rings is 1. The maximum absolute atomic E-state index is 12.3. The van der Waals surface area contributed by atoms with Crippen molar-refractivity contribution in [2.75, 3.05) is 19.6 Å². The SMILES string of the molecule is CCC(=O)[C@@H](CN1CCC(O)CC1)c1ccc(Cl)c(Cl)c1. The van der Waals surface area contributed by atoms with Crippen LogP contribution in [-0.2, 0) is 4.79 Å². The number of rotatable bonds is 5. The Kier molecular flexibility index (Phi) is 6.06. The summed E-state index contributed by atoms with van der Waals surface area (Å²) < 4.78 is 0. The van der Waals surface area contributed by atoms with Crippen LogP contribution >= 0.6 is 23.2 Å². The van der Waals surface area contributed by atoms with Crippen LogP contribution in [0.3, 0.4) is 0 Å². The lowest BCUT2D eigenvalue weighted by atomic mass is 9.92. The van der Waals surface area contributed by atoms with Gasteiger partial charge in [-0.2, -0.15) is 0 Å². The smallest absolute Gasteiger partial charge is 0.141 e. The average Bonchev–Trinajstić information content (AvgIpc) is 2.49. The highest BCUT2D eigenvalue weighted by atomic mass is 35.5. The molecule has 3 nitrogen and oxygen atoms in total. The molecule has 1 N–H and O–H groups in total. The molecule has 0 radical (unpaired) electrons. The molecule has 0 spiro atoms. The van der Waals surface area contributed by atoms with Gasteiger partial charge >= 0.3 is 0 Å². The van der Waals surface area contributed by atoms with E-state index in [1.807, 2.05) is 13.0 Å². The van der Waals surface area contributed by atoms with Gasteiger partial charge in [0.2, 0.25) is 0 Å². The fourth-order valence-corrected chi connectivity index (χ4v) is 3.04. The molecule has 1 fully saturated rings. The number of ketones is 1. The lowest BCUT2D eigenvalue weighted by Crippen LogP contribution is -2.39. The van der Waals surface area contributed by atoms with Gasteiger partial charge in [-0.05, 0) is 30.5 Å². The third kappa shape index (κ3) is 4.43. The van der Waals surface area contributed by atoms with E-state index in [0.29, 0.717) is 23.0 Å². The van der Waals surface area contributed by atoms with Gasteiger partial charge in [0.25, 0.3) is 0 Å². The topological polar surface area (TPSA) is 40.5 Å². The Morgan fingerprint density at radius 3 is 2.57 bits per heavy atom. The molecule has 5 heteroatoms. The first-order valence-electron chi connectivity index (χ1n) is 7.39. The Morgan fingerprint density at radius 2 is 2.00 bits per heavy atom. The zero-order valence-electron chi connectivity index (χ0n) is 12.2. The number of nitrogens with zero attached hydrogens (tertiary/aromatic N) is 1. The van der Waals surface area contributed by atoms with E-state index in [4.69, 9.17) is 23.2 Å². The summed E-state index contributed by atoms with van der Waals surface area (Å²) in [5, 5.41) is 10.6. The van der Waals surface area contributed by atoms with Crippen molar-refractivity contribution in [2.24, 2.45) is 0 Å². The molecular formula is C16H21Cl2NO2. The van der Waals surface area contributed by atoms with Gasteiger partial charge in [-0.1, -0.05) is 36.2 Å². The monoisotopic (exact) mass is 329 g/mol. The molecule has 1 aromatic rings. The van der Waals surface area contributed by atoms with Crippen LogP contribution < -0.4 is 0 Å². The van der Waals surface area contributed by atoms with Crippen LogP contribution in [0.4, 0.5) is 0 Å². The highest BCUT2D eigenvalue weighted by Crippen LogP contribution is 2.28. The molecule has 1 aliphatic heterocycles. The molecule has 0 aliphatic carbocycles. The van der Waals surface area contributed by atoms with E-state index < -0.39 is 0 Å². The third-order valence-electron chi connectivity index (χ3n) is 4.08. The summed E-state index contributed by atoms with van der Waals surface area (Å²) in [4.78, 5) is 14.5. The predicted octanol–water partition coefficient (Wildman–Crippen LogP) is 3.51. The molecule has 1 aliphatic rings. The van der Waals surface area contributed by atoms with Crippen LogP contribution in [-0.4, -0.2) is 41.5 Å². The van der Waals surface area contributed by atoms with Crippen LogP contribution in [0.5, 0.6) is 0 Å². The van der Waals surface area contributed by atoms with E-state index in [9.17, 15) is 9.90 Å². The zero-order valence-corrected chi connectivity index (χ0v) is 13.7. The maximum Gasteiger partial charge on any atom is 0.141 e. The lowest BCUT2D eigenvalue weighted by molar-refractivity contribution is -0.120. The van der Waals surface area contributed by atoms with Gasteiger partial charge in [-0.3, -0.25) is 4.79 Å². The number of likely N-dealkylation sites (tertiary alicyclic amines) is 1. The summed E-state index contributed by atoms with van der Waals surface area (Å²) in [5.74, 6) is 0.0273. The number of hydrogen-bond donors (Lipinski definition) is 1. The van der Waals surface area contributed by atoms with Gasteiger partial charge < -0.3 is 10.0 Å². The molecule has 0 aromatic heterocycles. The van der Waals surface area contributed by atoms with Crippen molar-refractivity contribution in [3.63, 3.8) is 0 Å². The third-order valence-corrected chi connectivity index (χ3v) is 4.82. The minimum Gasteiger partial charge on any atom is -0.393 e. The average molecular weight is 330 g/mol. The number of benzene rings is 1. The van der Waals surface area contributed by atoms with Gasteiger partial charge in [0.1, 0.15) is 5.78 Å². The molecular weight excluding hydrogens is 309 g/mol. The van der Waals surface area contributed by atoms with Gasteiger partial charge in [-0.25, -0.2) is 0 Å². The molecule has 0 unspecified atom stereocenters. The van der Waals surface area contributed by atoms with Crippen LogP contribution in [0.25, 0.3) is 0 Å².